The largest absolute Gasteiger partial charge is 0.425 e. The maximum absolute atomic E-state index is 12.4. The van der Waals surface area contributed by atoms with Crippen LogP contribution in [0.15, 0.2) is 11.8 Å². The van der Waals surface area contributed by atoms with Crippen LogP contribution in [0.5, 0.6) is 0 Å². The first-order valence-electron chi connectivity index (χ1n) is 3.54. The minimum atomic E-state index is -6.54. The van der Waals surface area contributed by atoms with Gasteiger partial charge in [-0.3, -0.25) is 0 Å². The van der Waals surface area contributed by atoms with Crippen molar-refractivity contribution in [2.24, 2.45) is 5.73 Å². The third kappa shape index (κ3) is 2.75. The Morgan fingerprint density at radius 1 is 0.882 bits per heavy atom. The summed E-state index contributed by atoms with van der Waals surface area (Å²) in [6, 6.07) is 0. The first-order chi connectivity index (χ1) is 7.26. The normalized spacial score (nSPS) is 17.8. The van der Waals surface area contributed by atoms with E-state index in [1.54, 1.807) is 0 Å². The zero-order chi connectivity index (χ0) is 14.2. The van der Waals surface area contributed by atoms with Crippen LogP contribution in [0.25, 0.3) is 0 Å². The number of nitrogens with two attached hydrogens (primary N) is 1. The highest BCUT2D eigenvalue weighted by molar-refractivity contribution is 5.14. The molecular weight excluding hydrogens is 276 g/mol. The second-order valence-corrected chi connectivity index (χ2v) is 2.76. The fraction of sp³-hybridized carbons (Fsp3) is 0.667. The van der Waals surface area contributed by atoms with Crippen LogP contribution in [0.3, 0.4) is 0 Å². The van der Waals surface area contributed by atoms with Crippen LogP contribution in [0.2, 0.25) is 0 Å². The molecule has 0 aliphatic heterocycles. The van der Waals surface area contributed by atoms with Gasteiger partial charge >= 0.3 is 18.0 Å². The molecule has 0 aromatic carbocycles. The lowest BCUT2D eigenvalue weighted by Crippen LogP contribution is -2.54. The molecule has 2 N–H and O–H groups in total. The summed E-state index contributed by atoms with van der Waals surface area (Å²) in [5, 5.41) is 0. The fourth-order valence-electron chi connectivity index (χ4n) is 0.661. The second-order valence-electron chi connectivity index (χ2n) is 2.76. The van der Waals surface area contributed by atoms with E-state index in [0.717, 1.165) is 0 Å². The molecule has 0 amide bonds. The molecule has 0 aliphatic rings. The highest BCUT2D eigenvalue weighted by Gasteiger charge is 2.72. The molecule has 102 valence electrons. The number of halogens is 10. The van der Waals surface area contributed by atoms with Crippen LogP contribution in [0, 0.1) is 0 Å². The Labute approximate surface area is 86.9 Å². The number of allylic oxidation sites excluding steroid dienone is 1. The van der Waals surface area contributed by atoms with E-state index < -0.39 is 36.0 Å². The smallest absolute Gasteiger partial charge is 0.373 e. The summed E-state index contributed by atoms with van der Waals surface area (Å²) in [7, 11) is 0. The van der Waals surface area contributed by atoms with Crippen molar-refractivity contribution in [3.05, 3.63) is 11.8 Å². The summed E-state index contributed by atoms with van der Waals surface area (Å²) in [5.74, 6) is -19.5. The van der Waals surface area contributed by atoms with Gasteiger partial charge in [0.2, 0.25) is 11.8 Å². The molecule has 0 fully saturated rings. The third-order valence-corrected chi connectivity index (χ3v) is 1.51. The van der Waals surface area contributed by atoms with Crippen molar-refractivity contribution in [3.63, 3.8) is 0 Å². The topological polar surface area (TPSA) is 26.0 Å². The van der Waals surface area contributed by atoms with E-state index in [2.05, 4.69) is 5.73 Å². The molecule has 0 saturated heterocycles. The molecular formula is C6H3F10N. The van der Waals surface area contributed by atoms with Crippen LogP contribution in [0.4, 0.5) is 43.9 Å². The van der Waals surface area contributed by atoms with Crippen molar-refractivity contribution in [1.82, 2.24) is 0 Å². The Kier molecular flexibility index (Phi) is 3.97. The minimum absolute atomic E-state index is 2.97. The summed E-state index contributed by atoms with van der Waals surface area (Å²) in [6.07, 6.45) is -11.8. The Balaban J connectivity index is 5.54. The lowest BCUT2D eigenvalue weighted by molar-refractivity contribution is -0.299. The number of rotatable bonds is 3. The van der Waals surface area contributed by atoms with Gasteiger partial charge in [-0.05, 0) is 0 Å². The lowest BCUT2D eigenvalue weighted by atomic mass is 10.1. The quantitative estimate of drug-likeness (QED) is 0.623. The molecule has 17 heavy (non-hydrogen) atoms. The lowest BCUT2D eigenvalue weighted by Gasteiger charge is -2.28. The van der Waals surface area contributed by atoms with Crippen molar-refractivity contribution in [2.75, 3.05) is 0 Å². The van der Waals surface area contributed by atoms with Crippen LogP contribution >= 0.6 is 0 Å². The van der Waals surface area contributed by atoms with Gasteiger partial charge in [0.05, 0.1) is 0 Å². The van der Waals surface area contributed by atoms with Crippen molar-refractivity contribution in [2.45, 2.75) is 24.2 Å². The Morgan fingerprint density at radius 3 is 1.47 bits per heavy atom. The average molecular weight is 279 g/mol. The van der Waals surface area contributed by atoms with Gasteiger partial charge in [-0.2, -0.15) is 39.5 Å². The van der Waals surface area contributed by atoms with Gasteiger partial charge in [0, 0.05) is 0 Å². The Bertz CT molecular complexity index is 311. The highest BCUT2D eigenvalue weighted by atomic mass is 19.4. The van der Waals surface area contributed by atoms with Gasteiger partial charge in [-0.15, -0.1) is 0 Å². The molecule has 0 heterocycles. The summed E-state index contributed by atoms with van der Waals surface area (Å²) < 4.78 is 120. The summed E-state index contributed by atoms with van der Waals surface area (Å²) in [5.41, 5.74) is 3.75. The van der Waals surface area contributed by atoms with Gasteiger partial charge in [0.1, 0.15) is 0 Å². The zero-order valence-corrected chi connectivity index (χ0v) is 7.43. The molecule has 0 saturated carbocycles. The predicted molar refractivity (Wildman–Crippen MR) is 34.3 cm³/mol. The van der Waals surface area contributed by atoms with Gasteiger partial charge < -0.3 is 5.73 Å². The van der Waals surface area contributed by atoms with Crippen molar-refractivity contribution >= 4 is 0 Å². The molecule has 0 rings (SSSR count). The molecule has 0 spiro atoms. The van der Waals surface area contributed by atoms with E-state index in [-0.39, 0.29) is 0 Å². The highest BCUT2D eigenvalue weighted by Crippen LogP contribution is 2.48. The number of hydrogen-bond acceptors (Lipinski definition) is 1. The summed E-state index contributed by atoms with van der Waals surface area (Å²) >= 11 is 0. The fourth-order valence-corrected chi connectivity index (χ4v) is 0.661. The van der Waals surface area contributed by atoms with E-state index in [1.807, 2.05) is 0 Å². The molecule has 0 aromatic heterocycles. The van der Waals surface area contributed by atoms with E-state index in [9.17, 15) is 43.9 Å². The molecule has 11 heteroatoms. The first-order valence-corrected chi connectivity index (χ1v) is 3.54. The van der Waals surface area contributed by atoms with Gasteiger partial charge in [-0.1, -0.05) is 0 Å². The monoisotopic (exact) mass is 279 g/mol. The minimum Gasteiger partial charge on any atom is -0.373 e. The maximum atomic E-state index is 12.4. The van der Waals surface area contributed by atoms with Crippen LogP contribution in [-0.4, -0.2) is 24.2 Å². The molecule has 1 atom stereocenters. The Morgan fingerprint density at radius 2 is 1.24 bits per heavy atom. The maximum Gasteiger partial charge on any atom is 0.425 e. The molecule has 1 nitrogen and oxygen atoms in total. The third-order valence-electron chi connectivity index (χ3n) is 1.51. The van der Waals surface area contributed by atoms with E-state index in [1.165, 1.54) is 0 Å². The molecule has 0 radical (unpaired) electrons. The number of hydrogen-bond donors (Lipinski definition) is 1. The predicted octanol–water partition coefficient (Wildman–Crippen LogP) is 3.22. The van der Waals surface area contributed by atoms with E-state index in [4.69, 9.17) is 0 Å². The molecule has 0 aromatic rings. The van der Waals surface area contributed by atoms with Crippen LogP contribution in [0.1, 0.15) is 0 Å². The molecule has 0 bridgehead atoms. The van der Waals surface area contributed by atoms with Crippen molar-refractivity contribution < 1.29 is 43.9 Å². The SMILES string of the molecule is NC(F)=C(F)C(F)(F)C(F)(F)C(F)C(F)(F)F. The summed E-state index contributed by atoms with van der Waals surface area (Å²) in [6.45, 7) is 0. The van der Waals surface area contributed by atoms with Gasteiger partial charge in [-0.25, -0.2) is 4.39 Å². The number of alkyl halides is 8. The molecule has 0 aliphatic carbocycles. The van der Waals surface area contributed by atoms with Crippen molar-refractivity contribution in [3.8, 4) is 0 Å². The van der Waals surface area contributed by atoms with E-state index >= 15 is 0 Å². The zero-order valence-electron chi connectivity index (χ0n) is 7.43. The van der Waals surface area contributed by atoms with Gasteiger partial charge in [0.25, 0.3) is 6.17 Å². The standard InChI is InChI=1S/C6H3F10N/c7-1(2(8)17)4(10,11)5(12,13)3(9)6(14,15)16/h3H,17H2. The van der Waals surface area contributed by atoms with Crippen molar-refractivity contribution in [1.29, 1.82) is 0 Å². The average Bonchev–Trinajstić information content (AvgIpc) is 2.13. The van der Waals surface area contributed by atoms with Crippen LogP contribution < -0.4 is 5.73 Å². The van der Waals surface area contributed by atoms with Crippen LogP contribution in [-0.2, 0) is 0 Å². The molecule has 1 unspecified atom stereocenters. The van der Waals surface area contributed by atoms with Gasteiger partial charge in [0.15, 0.2) is 0 Å². The Hall–Kier alpha value is -1.16. The van der Waals surface area contributed by atoms with E-state index in [0.29, 0.717) is 0 Å². The first kappa shape index (κ1) is 15.8. The second kappa shape index (κ2) is 4.26. The summed E-state index contributed by atoms with van der Waals surface area (Å²) in [4.78, 5) is 0.